The molecular formula is C32H38N4O5. The number of hydrogen-bond acceptors (Lipinski definition) is 6. The number of nitrogens with zero attached hydrogens (tertiary/aromatic N) is 2. The smallest absolute Gasteiger partial charge is 0.253 e. The van der Waals surface area contributed by atoms with Crippen molar-refractivity contribution in [2.75, 3.05) is 40.5 Å². The van der Waals surface area contributed by atoms with Gasteiger partial charge in [0.05, 0.1) is 27.4 Å². The van der Waals surface area contributed by atoms with Crippen molar-refractivity contribution in [3.05, 3.63) is 86.6 Å². The van der Waals surface area contributed by atoms with Gasteiger partial charge in [-0.05, 0) is 74.7 Å². The average Bonchev–Trinajstić information content (AvgIpc) is 3.39. The number of aromatic amines is 1. The second-order valence-electron chi connectivity index (χ2n) is 10.6. The lowest BCUT2D eigenvalue weighted by atomic mass is 10.0. The number of methoxy groups -OCH3 is 2. The quantitative estimate of drug-likeness (QED) is 0.329. The molecule has 1 saturated heterocycles. The van der Waals surface area contributed by atoms with E-state index in [9.17, 15) is 9.59 Å². The third-order valence-corrected chi connectivity index (χ3v) is 8.06. The van der Waals surface area contributed by atoms with Gasteiger partial charge in [0.15, 0.2) is 11.5 Å². The first kappa shape index (κ1) is 28.4. The number of morpholine rings is 1. The van der Waals surface area contributed by atoms with Crippen LogP contribution >= 0.6 is 0 Å². The summed E-state index contributed by atoms with van der Waals surface area (Å²) in [6.07, 6.45) is 2.12. The number of pyridine rings is 2. The predicted octanol–water partition coefficient (Wildman–Crippen LogP) is 4.56. The molecule has 1 aliphatic rings. The third-order valence-electron chi connectivity index (χ3n) is 8.06. The maximum atomic E-state index is 13.7. The molecule has 1 aliphatic heterocycles. The highest BCUT2D eigenvalue weighted by atomic mass is 16.5. The Hall–Kier alpha value is -4.08. The molecule has 0 bridgehead atoms. The molecule has 4 aromatic rings. The van der Waals surface area contributed by atoms with Crippen LogP contribution in [0.25, 0.3) is 16.6 Å². The van der Waals surface area contributed by atoms with Gasteiger partial charge in [-0.25, -0.2) is 0 Å². The monoisotopic (exact) mass is 558 g/mol. The van der Waals surface area contributed by atoms with Crippen LogP contribution in [0.4, 0.5) is 0 Å². The molecule has 1 amide bonds. The number of carbonyl (C=O) groups excluding carboxylic acids is 1. The molecule has 0 aliphatic carbocycles. The van der Waals surface area contributed by atoms with Crippen LogP contribution in [-0.4, -0.2) is 60.7 Å². The molecule has 1 atom stereocenters. The van der Waals surface area contributed by atoms with Gasteiger partial charge in [0.2, 0.25) is 0 Å². The highest BCUT2D eigenvalue weighted by Crippen LogP contribution is 2.35. The number of fused-ring (bicyclic) bond motifs is 1. The number of H-pyrrole nitrogens is 1. The minimum Gasteiger partial charge on any atom is -0.493 e. The average molecular weight is 559 g/mol. The molecule has 1 aromatic carbocycles. The summed E-state index contributed by atoms with van der Waals surface area (Å²) in [5.74, 6) is 1.10. The number of carbonyl (C=O) groups is 1. The summed E-state index contributed by atoms with van der Waals surface area (Å²) in [7, 11) is 3.25. The first-order chi connectivity index (χ1) is 19.7. The normalized spacial score (nSPS) is 14.7. The Morgan fingerprint density at radius 3 is 2.44 bits per heavy atom. The summed E-state index contributed by atoms with van der Waals surface area (Å²) >= 11 is 0. The van der Waals surface area contributed by atoms with E-state index in [1.54, 1.807) is 14.2 Å². The molecule has 3 aromatic heterocycles. The van der Waals surface area contributed by atoms with Gasteiger partial charge in [-0.3, -0.25) is 14.5 Å². The fourth-order valence-corrected chi connectivity index (χ4v) is 5.80. The SMILES string of the molecule is COc1ccc(-c2cc3cc(C(=O)NCc4c(C)cc(C)[nH]c4=O)c(C)c(C(C)N4CCOCC4)n3c2)cc1OC. The van der Waals surface area contributed by atoms with Gasteiger partial charge in [0, 0.05) is 65.5 Å². The van der Waals surface area contributed by atoms with Gasteiger partial charge in [-0.1, -0.05) is 6.07 Å². The lowest BCUT2D eigenvalue weighted by molar-refractivity contribution is 0.0187. The molecule has 41 heavy (non-hydrogen) atoms. The summed E-state index contributed by atoms with van der Waals surface area (Å²) in [6.45, 7) is 11.1. The number of nitrogens with one attached hydrogen (secondary N) is 2. The number of aryl methyl sites for hydroxylation is 2. The predicted molar refractivity (Wildman–Crippen MR) is 159 cm³/mol. The van der Waals surface area contributed by atoms with Crippen LogP contribution in [0.3, 0.4) is 0 Å². The minimum atomic E-state index is -0.214. The lowest BCUT2D eigenvalue weighted by Crippen LogP contribution is -2.39. The molecule has 2 N–H and O–H groups in total. The molecule has 0 radical (unpaired) electrons. The fourth-order valence-electron chi connectivity index (χ4n) is 5.80. The first-order valence-electron chi connectivity index (χ1n) is 13.9. The topological polar surface area (TPSA) is 97.3 Å². The van der Waals surface area contributed by atoms with Gasteiger partial charge >= 0.3 is 0 Å². The largest absolute Gasteiger partial charge is 0.493 e. The van der Waals surface area contributed by atoms with Crippen molar-refractivity contribution in [1.82, 2.24) is 19.6 Å². The standard InChI is InChI=1S/C32H38N4O5/c1-19-13-20(2)34-32(38)27(19)17-33-31(37)26-16-25-14-24(23-7-8-28(39-5)29(15-23)40-6)18-36(25)30(21(26)3)22(4)35-9-11-41-12-10-35/h7-8,13-16,18,22H,9-12,17H2,1-6H3,(H,33,37)(H,34,38). The van der Waals surface area contributed by atoms with E-state index in [4.69, 9.17) is 14.2 Å². The molecule has 5 rings (SSSR count). The number of hydrogen-bond donors (Lipinski definition) is 2. The molecule has 1 fully saturated rings. The second kappa shape index (κ2) is 11.8. The minimum absolute atomic E-state index is 0.0435. The van der Waals surface area contributed by atoms with Gasteiger partial charge in [0.1, 0.15) is 0 Å². The van der Waals surface area contributed by atoms with E-state index in [2.05, 4.69) is 38.8 Å². The zero-order chi connectivity index (χ0) is 29.3. The van der Waals surface area contributed by atoms with Crippen LogP contribution in [0.1, 0.15) is 51.4 Å². The maximum absolute atomic E-state index is 13.7. The molecule has 216 valence electrons. The fraction of sp³-hybridized carbons (Fsp3) is 0.375. The van der Waals surface area contributed by atoms with Crippen molar-refractivity contribution in [2.45, 2.75) is 40.3 Å². The zero-order valence-corrected chi connectivity index (χ0v) is 24.6. The van der Waals surface area contributed by atoms with Gasteiger partial charge in [-0.15, -0.1) is 0 Å². The van der Waals surface area contributed by atoms with Crippen LogP contribution in [0.5, 0.6) is 11.5 Å². The summed E-state index contributed by atoms with van der Waals surface area (Å²) in [6, 6.07) is 11.8. The van der Waals surface area contributed by atoms with E-state index >= 15 is 0 Å². The van der Waals surface area contributed by atoms with Crippen molar-refractivity contribution in [2.24, 2.45) is 0 Å². The molecule has 9 nitrogen and oxygen atoms in total. The first-order valence-corrected chi connectivity index (χ1v) is 13.9. The number of aromatic nitrogens is 2. The maximum Gasteiger partial charge on any atom is 0.253 e. The van der Waals surface area contributed by atoms with Crippen LogP contribution in [0.15, 0.2) is 47.4 Å². The summed E-state index contributed by atoms with van der Waals surface area (Å²) in [5, 5.41) is 3.00. The van der Waals surface area contributed by atoms with Crippen LogP contribution in [0.2, 0.25) is 0 Å². The Balaban J connectivity index is 1.58. The summed E-state index contributed by atoms with van der Waals surface area (Å²) in [4.78, 5) is 31.4. The number of benzene rings is 1. The molecule has 1 unspecified atom stereocenters. The van der Waals surface area contributed by atoms with E-state index in [1.807, 2.05) is 51.1 Å². The van der Waals surface area contributed by atoms with E-state index < -0.39 is 0 Å². The van der Waals surface area contributed by atoms with Gasteiger partial charge in [0.25, 0.3) is 11.5 Å². The van der Waals surface area contributed by atoms with E-state index in [0.29, 0.717) is 35.8 Å². The van der Waals surface area contributed by atoms with Crippen molar-refractivity contribution in [1.29, 1.82) is 0 Å². The Morgan fingerprint density at radius 1 is 1.02 bits per heavy atom. The lowest BCUT2D eigenvalue weighted by Gasteiger charge is -2.34. The van der Waals surface area contributed by atoms with Crippen LogP contribution in [0, 0.1) is 20.8 Å². The van der Waals surface area contributed by atoms with Crippen molar-refractivity contribution in [3.63, 3.8) is 0 Å². The van der Waals surface area contributed by atoms with Crippen molar-refractivity contribution < 1.29 is 19.0 Å². The third kappa shape index (κ3) is 5.60. The number of amides is 1. The molecule has 0 saturated carbocycles. The molecule has 4 heterocycles. The van der Waals surface area contributed by atoms with Crippen LogP contribution < -0.4 is 20.3 Å². The Morgan fingerprint density at radius 2 is 1.76 bits per heavy atom. The van der Waals surface area contributed by atoms with Gasteiger partial charge < -0.3 is 28.9 Å². The number of ether oxygens (including phenoxy) is 3. The second-order valence-corrected chi connectivity index (χ2v) is 10.6. The molecular weight excluding hydrogens is 520 g/mol. The Labute approximate surface area is 240 Å². The molecule has 9 heteroatoms. The van der Waals surface area contributed by atoms with Crippen molar-refractivity contribution >= 4 is 11.4 Å². The molecule has 0 spiro atoms. The Bertz CT molecular complexity index is 1650. The van der Waals surface area contributed by atoms with E-state index in [0.717, 1.165) is 52.2 Å². The Kier molecular flexibility index (Phi) is 8.19. The zero-order valence-electron chi connectivity index (χ0n) is 24.6. The highest BCUT2D eigenvalue weighted by Gasteiger charge is 2.26. The van der Waals surface area contributed by atoms with Gasteiger partial charge in [-0.2, -0.15) is 0 Å². The summed E-state index contributed by atoms with van der Waals surface area (Å²) < 4.78 is 18.8. The number of rotatable bonds is 8. The highest BCUT2D eigenvalue weighted by molar-refractivity contribution is 5.97. The van der Waals surface area contributed by atoms with Crippen LogP contribution in [-0.2, 0) is 11.3 Å². The van der Waals surface area contributed by atoms with E-state index in [-0.39, 0.29) is 24.1 Å². The van der Waals surface area contributed by atoms with E-state index in [1.165, 1.54) is 0 Å². The summed E-state index contributed by atoms with van der Waals surface area (Å²) in [5.41, 5.74) is 7.45. The van der Waals surface area contributed by atoms with Crippen molar-refractivity contribution in [3.8, 4) is 22.6 Å².